The fourth-order valence-electron chi connectivity index (χ4n) is 1.77. The van der Waals surface area contributed by atoms with Gasteiger partial charge < -0.3 is 5.32 Å². The summed E-state index contributed by atoms with van der Waals surface area (Å²) in [5.74, 6) is 0. The molecule has 0 saturated heterocycles. The Kier molecular flexibility index (Phi) is 4.62. The third kappa shape index (κ3) is 3.49. The van der Waals surface area contributed by atoms with Gasteiger partial charge in [0.1, 0.15) is 0 Å². The third-order valence-electron chi connectivity index (χ3n) is 2.89. The van der Waals surface area contributed by atoms with Crippen molar-refractivity contribution in [3.8, 4) is 0 Å². The molecule has 2 aromatic rings. The minimum Gasteiger partial charge on any atom is -0.381 e. The summed E-state index contributed by atoms with van der Waals surface area (Å²) in [6.45, 7) is 2.24. The zero-order valence-electron chi connectivity index (χ0n) is 10.7. The maximum atomic E-state index is 10.9. The maximum absolute atomic E-state index is 10.9. The highest BCUT2D eigenvalue weighted by Crippen LogP contribution is 2.26. The van der Waals surface area contributed by atoms with Crippen LogP contribution in [0.3, 0.4) is 0 Å². The Hall–Kier alpha value is -1.59. The van der Waals surface area contributed by atoms with Crippen LogP contribution in [0.25, 0.3) is 0 Å². The Bertz CT molecular complexity index is 662. The SMILES string of the molecule is Cc1ccc(CNc2ccc(Cl)c(Br)c2)cc1[N+](=O)[O-]. The van der Waals surface area contributed by atoms with E-state index in [1.54, 1.807) is 25.1 Å². The van der Waals surface area contributed by atoms with Crippen molar-refractivity contribution in [2.45, 2.75) is 13.5 Å². The fourth-order valence-corrected chi connectivity index (χ4v) is 2.27. The van der Waals surface area contributed by atoms with Crippen LogP contribution in [0.15, 0.2) is 40.9 Å². The monoisotopic (exact) mass is 354 g/mol. The molecule has 104 valence electrons. The highest BCUT2D eigenvalue weighted by atomic mass is 79.9. The second kappa shape index (κ2) is 6.24. The lowest BCUT2D eigenvalue weighted by Gasteiger charge is -2.08. The van der Waals surface area contributed by atoms with Gasteiger partial charge in [0.05, 0.1) is 9.95 Å². The first-order valence-electron chi connectivity index (χ1n) is 5.90. The average Bonchev–Trinajstić information content (AvgIpc) is 2.41. The number of aryl methyl sites for hydroxylation is 1. The molecule has 0 aromatic heterocycles. The minimum absolute atomic E-state index is 0.140. The predicted molar refractivity (Wildman–Crippen MR) is 84.3 cm³/mol. The number of nitrogens with one attached hydrogen (secondary N) is 1. The van der Waals surface area contributed by atoms with Gasteiger partial charge in [0.2, 0.25) is 0 Å². The molecule has 0 fully saturated rings. The summed E-state index contributed by atoms with van der Waals surface area (Å²) < 4.78 is 0.805. The van der Waals surface area contributed by atoms with E-state index in [2.05, 4.69) is 21.2 Å². The summed E-state index contributed by atoms with van der Waals surface area (Å²) >= 11 is 9.27. The van der Waals surface area contributed by atoms with Gasteiger partial charge in [-0.2, -0.15) is 0 Å². The summed E-state index contributed by atoms with van der Waals surface area (Å²) in [5, 5.41) is 14.7. The number of benzene rings is 2. The van der Waals surface area contributed by atoms with Crippen molar-refractivity contribution in [3.05, 3.63) is 67.1 Å². The second-order valence-electron chi connectivity index (χ2n) is 4.36. The molecular formula is C14H12BrClN2O2. The topological polar surface area (TPSA) is 55.2 Å². The van der Waals surface area contributed by atoms with Crippen molar-refractivity contribution in [1.82, 2.24) is 0 Å². The number of halogens is 2. The molecule has 0 atom stereocenters. The van der Waals surface area contributed by atoms with Crippen molar-refractivity contribution in [1.29, 1.82) is 0 Å². The molecule has 2 aromatic carbocycles. The van der Waals surface area contributed by atoms with Gasteiger partial charge in [-0.25, -0.2) is 0 Å². The molecule has 0 aliphatic carbocycles. The Morgan fingerprint density at radius 1 is 1.30 bits per heavy atom. The smallest absolute Gasteiger partial charge is 0.272 e. The van der Waals surface area contributed by atoms with Gasteiger partial charge >= 0.3 is 0 Å². The molecule has 0 amide bonds. The predicted octanol–water partition coefficient (Wildman–Crippen LogP) is 4.93. The number of nitro groups is 1. The Morgan fingerprint density at radius 2 is 2.05 bits per heavy atom. The van der Waals surface area contributed by atoms with Crippen LogP contribution in [-0.2, 0) is 6.54 Å². The quantitative estimate of drug-likeness (QED) is 0.625. The summed E-state index contributed by atoms with van der Waals surface area (Å²) in [6, 6.07) is 10.7. The molecule has 6 heteroatoms. The molecule has 0 aliphatic rings. The van der Waals surface area contributed by atoms with Crippen LogP contribution < -0.4 is 5.32 Å². The lowest BCUT2D eigenvalue weighted by Crippen LogP contribution is -2.01. The largest absolute Gasteiger partial charge is 0.381 e. The van der Waals surface area contributed by atoms with Crippen molar-refractivity contribution in [3.63, 3.8) is 0 Å². The molecule has 0 saturated carbocycles. The standard InChI is InChI=1S/C14H12BrClN2O2/c1-9-2-3-10(6-14(9)18(19)20)8-17-11-4-5-13(16)12(15)7-11/h2-7,17H,8H2,1H3. The second-order valence-corrected chi connectivity index (χ2v) is 5.62. The van der Waals surface area contributed by atoms with Crippen molar-refractivity contribution in [2.24, 2.45) is 0 Å². The van der Waals surface area contributed by atoms with E-state index < -0.39 is 0 Å². The highest BCUT2D eigenvalue weighted by Gasteiger charge is 2.10. The molecule has 2 rings (SSSR count). The Balaban J connectivity index is 2.12. The van der Waals surface area contributed by atoms with Crippen LogP contribution in [0.4, 0.5) is 11.4 Å². The van der Waals surface area contributed by atoms with Gasteiger partial charge in [-0.3, -0.25) is 10.1 Å². The summed E-state index contributed by atoms with van der Waals surface area (Å²) in [4.78, 5) is 10.5. The zero-order valence-corrected chi connectivity index (χ0v) is 13.0. The fraction of sp³-hybridized carbons (Fsp3) is 0.143. The van der Waals surface area contributed by atoms with Crippen molar-refractivity contribution >= 4 is 38.9 Å². The molecular weight excluding hydrogens is 344 g/mol. The summed E-state index contributed by atoms with van der Waals surface area (Å²) in [5.41, 5.74) is 2.55. The zero-order chi connectivity index (χ0) is 14.7. The van der Waals surface area contributed by atoms with Crippen LogP contribution in [0.1, 0.15) is 11.1 Å². The summed E-state index contributed by atoms with van der Waals surface area (Å²) in [7, 11) is 0. The van der Waals surface area contributed by atoms with E-state index in [0.717, 1.165) is 15.7 Å². The van der Waals surface area contributed by atoms with Crippen LogP contribution in [0, 0.1) is 17.0 Å². The molecule has 4 nitrogen and oxygen atoms in total. The first-order chi connectivity index (χ1) is 9.47. The Labute approximate surface area is 130 Å². The number of rotatable bonds is 4. The van der Waals surface area contributed by atoms with Crippen molar-refractivity contribution < 1.29 is 4.92 Å². The van der Waals surface area contributed by atoms with Gasteiger partial charge in [-0.05, 0) is 46.6 Å². The molecule has 0 bridgehead atoms. The first-order valence-corrected chi connectivity index (χ1v) is 7.07. The van der Waals surface area contributed by atoms with E-state index in [9.17, 15) is 10.1 Å². The number of anilines is 1. The van der Waals surface area contributed by atoms with E-state index >= 15 is 0 Å². The molecule has 0 aliphatic heterocycles. The highest BCUT2D eigenvalue weighted by molar-refractivity contribution is 9.10. The molecule has 0 unspecified atom stereocenters. The average molecular weight is 356 g/mol. The third-order valence-corrected chi connectivity index (χ3v) is 4.10. The van der Waals surface area contributed by atoms with E-state index in [1.165, 1.54) is 0 Å². The molecule has 0 spiro atoms. The summed E-state index contributed by atoms with van der Waals surface area (Å²) in [6.07, 6.45) is 0. The van der Waals surface area contributed by atoms with Gasteiger partial charge in [0.25, 0.3) is 5.69 Å². The lowest BCUT2D eigenvalue weighted by molar-refractivity contribution is -0.385. The Morgan fingerprint density at radius 3 is 2.70 bits per heavy atom. The van der Waals surface area contributed by atoms with E-state index in [0.29, 0.717) is 17.1 Å². The van der Waals surface area contributed by atoms with E-state index in [1.807, 2.05) is 18.2 Å². The van der Waals surface area contributed by atoms with Gasteiger partial charge in [-0.1, -0.05) is 23.7 Å². The molecule has 0 radical (unpaired) electrons. The maximum Gasteiger partial charge on any atom is 0.272 e. The number of nitrogens with zero attached hydrogens (tertiary/aromatic N) is 1. The van der Waals surface area contributed by atoms with Gasteiger partial charge in [0.15, 0.2) is 0 Å². The van der Waals surface area contributed by atoms with Crippen LogP contribution in [-0.4, -0.2) is 4.92 Å². The molecule has 1 N–H and O–H groups in total. The van der Waals surface area contributed by atoms with Crippen LogP contribution >= 0.6 is 27.5 Å². The number of hydrogen-bond donors (Lipinski definition) is 1. The lowest BCUT2D eigenvalue weighted by atomic mass is 10.1. The number of nitro benzene ring substituents is 1. The molecule has 20 heavy (non-hydrogen) atoms. The van der Waals surface area contributed by atoms with Crippen LogP contribution in [0.2, 0.25) is 5.02 Å². The van der Waals surface area contributed by atoms with Crippen molar-refractivity contribution in [2.75, 3.05) is 5.32 Å². The normalized spacial score (nSPS) is 10.3. The first kappa shape index (κ1) is 14.8. The van der Waals surface area contributed by atoms with E-state index in [4.69, 9.17) is 11.6 Å². The minimum atomic E-state index is -0.363. The molecule has 0 heterocycles. The van der Waals surface area contributed by atoms with Gasteiger partial charge in [0, 0.05) is 28.3 Å². The van der Waals surface area contributed by atoms with E-state index in [-0.39, 0.29) is 10.6 Å². The van der Waals surface area contributed by atoms with Gasteiger partial charge in [-0.15, -0.1) is 0 Å². The van der Waals surface area contributed by atoms with Crippen LogP contribution in [0.5, 0.6) is 0 Å². The number of hydrogen-bond acceptors (Lipinski definition) is 3.